The molecule has 0 N–H and O–H groups in total. The summed E-state index contributed by atoms with van der Waals surface area (Å²) in [6.07, 6.45) is -2.86. The van der Waals surface area contributed by atoms with Gasteiger partial charge in [0.15, 0.2) is 0 Å². The molecule has 0 fully saturated rings. The van der Waals surface area contributed by atoms with Gasteiger partial charge in [-0.25, -0.2) is 13.8 Å². The molecule has 68 valence electrons. The third kappa shape index (κ3) is 2.09. The van der Waals surface area contributed by atoms with Gasteiger partial charge in [-0.05, 0) is 22.6 Å². The van der Waals surface area contributed by atoms with Gasteiger partial charge in [0.25, 0.3) is 6.43 Å². The fraction of sp³-hybridized carbons (Fsp3) is 0.143. The topological polar surface area (TPSA) is 36.7 Å². The highest BCUT2D eigenvalue weighted by Gasteiger charge is 2.17. The summed E-state index contributed by atoms with van der Waals surface area (Å²) in [6.45, 7) is 0. The van der Waals surface area contributed by atoms with Gasteiger partial charge in [0.05, 0.1) is 5.56 Å². The average molecular weight is 298 g/mol. The summed E-state index contributed by atoms with van der Waals surface area (Å²) in [5.74, 6) is -1.00. The van der Waals surface area contributed by atoms with Gasteiger partial charge in [-0.15, -0.1) is 0 Å². The van der Waals surface area contributed by atoms with Crippen molar-refractivity contribution in [1.82, 2.24) is 4.98 Å². The van der Waals surface area contributed by atoms with E-state index in [1.807, 2.05) is 0 Å². The Kier molecular flexibility index (Phi) is 3.08. The smallest absolute Gasteiger partial charge is 0.212 e. The second-order valence-corrected chi connectivity index (χ2v) is 3.13. The fourth-order valence-electron chi connectivity index (χ4n) is 0.784. The van der Waals surface area contributed by atoms with Crippen LogP contribution in [0.25, 0.3) is 0 Å². The zero-order chi connectivity index (χ0) is 10.0. The normalized spacial score (nSPS) is 10.2. The minimum Gasteiger partial charge on any atom is -0.212 e. The highest BCUT2D eigenvalue weighted by atomic mass is 127. The van der Waals surface area contributed by atoms with Crippen LogP contribution in [-0.2, 0) is 0 Å². The van der Waals surface area contributed by atoms with Gasteiger partial charge in [-0.3, -0.25) is 0 Å². The van der Waals surface area contributed by atoms with Crippen molar-refractivity contribution in [3.63, 3.8) is 0 Å². The van der Waals surface area contributed by atoms with Gasteiger partial charge in [0.2, 0.25) is 5.95 Å². The summed E-state index contributed by atoms with van der Waals surface area (Å²) in [5, 5.41) is 8.49. The maximum Gasteiger partial charge on any atom is 0.265 e. The molecule has 6 heteroatoms. The largest absolute Gasteiger partial charge is 0.265 e. The predicted molar refractivity (Wildman–Crippen MR) is 46.6 cm³/mol. The lowest BCUT2D eigenvalue weighted by Crippen LogP contribution is -1.99. The Bertz CT molecular complexity index is 373. The predicted octanol–water partition coefficient (Wildman–Crippen LogP) is 2.63. The molecule has 0 spiro atoms. The minimum absolute atomic E-state index is 0.0459. The van der Waals surface area contributed by atoms with Gasteiger partial charge < -0.3 is 0 Å². The van der Waals surface area contributed by atoms with E-state index < -0.39 is 17.9 Å². The number of nitrogens with zero attached hydrogens (tertiary/aromatic N) is 2. The zero-order valence-electron chi connectivity index (χ0n) is 6.06. The van der Waals surface area contributed by atoms with Gasteiger partial charge >= 0.3 is 0 Å². The van der Waals surface area contributed by atoms with Crippen LogP contribution in [0.15, 0.2) is 6.07 Å². The molecule has 0 saturated heterocycles. The van der Waals surface area contributed by atoms with Crippen molar-refractivity contribution in [3.05, 3.63) is 26.8 Å². The fourth-order valence-corrected chi connectivity index (χ4v) is 1.45. The average Bonchev–Trinajstić information content (AvgIpc) is 2.02. The summed E-state index contributed by atoms with van der Waals surface area (Å²) in [7, 11) is 0. The molecule has 0 aliphatic heterocycles. The van der Waals surface area contributed by atoms with Crippen LogP contribution < -0.4 is 0 Å². The van der Waals surface area contributed by atoms with E-state index in [0.717, 1.165) is 0 Å². The summed E-state index contributed by atoms with van der Waals surface area (Å²) in [6, 6.07) is 2.13. The summed E-state index contributed by atoms with van der Waals surface area (Å²) in [4.78, 5) is 3.25. The van der Waals surface area contributed by atoms with Crippen LogP contribution in [0.2, 0.25) is 0 Å². The number of rotatable bonds is 1. The number of pyridine rings is 1. The van der Waals surface area contributed by atoms with Crippen LogP contribution in [0.1, 0.15) is 17.6 Å². The molecule has 0 bridgehead atoms. The molecular weight excluding hydrogens is 296 g/mol. The maximum atomic E-state index is 12.5. The van der Waals surface area contributed by atoms with E-state index in [-0.39, 0.29) is 9.26 Å². The van der Waals surface area contributed by atoms with E-state index in [1.54, 1.807) is 6.07 Å². The first kappa shape index (κ1) is 10.2. The van der Waals surface area contributed by atoms with Crippen molar-refractivity contribution in [2.45, 2.75) is 6.43 Å². The lowest BCUT2D eigenvalue weighted by atomic mass is 10.1. The van der Waals surface area contributed by atoms with Crippen molar-refractivity contribution < 1.29 is 13.2 Å². The van der Waals surface area contributed by atoms with E-state index in [1.165, 1.54) is 22.6 Å². The minimum atomic E-state index is -2.86. The van der Waals surface area contributed by atoms with Gasteiger partial charge in [-0.2, -0.15) is 9.65 Å². The molecule has 1 heterocycles. The molecular formula is C7H2F3IN2. The van der Waals surface area contributed by atoms with E-state index in [9.17, 15) is 13.2 Å². The first-order chi connectivity index (χ1) is 6.06. The Hall–Kier alpha value is -0.840. The second-order valence-electron chi connectivity index (χ2n) is 2.11. The van der Waals surface area contributed by atoms with Crippen molar-refractivity contribution >= 4 is 22.6 Å². The number of aromatic nitrogens is 1. The summed E-state index contributed by atoms with van der Waals surface area (Å²) < 4.78 is 37.0. The van der Waals surface area contributed by atoms with Crippen LogP contribution in [0.4, 0.5) is 13.2 Å². The van der Waals surface area contributed by atoms with E-state index in [2.05, 4.69) is 4.98 Å². The first-order valence-electron chi connectivity index (χ1n) is 3.10. The molecule has 0 amide bonds. The highest BCUT2D eigenvalue weighted by molar-refractivity contribution is 14.1. The van der Waals surface area contributed by atoms with Gasteiger partial charge in [-0.1, -0.05) is 0 Å². The zero-order valence-corrected chi connectivity index (χ0v) is 8.22. The van der Waals surface area contributed by atoms with Crippen LogP contribution >= 0.6 is 22.6 Å². The lowest BCUT2D eigenvalue weighted by molar-refractivity contribution is 0.150. The van der Waals surface area contributed by atoms with E-state index >= 15 is 0 Å². The van der Waals surface area contributed by atoms with Crippen LogP contribution in [0.3, 0.4) is 0 Å². The molecule has 13 heavy (non-hydrogen) atoms. The maximum absolute atomic E-state index is 12.5. The standard InChI is InChI=1S/C7H2F3IN2/c8-5-1-3(6(9)10)4(2-12)7(11)13-5/h1,6H. The van der Waals surface area contributed by atoms with E-state index in [0.29, 0.717) is 6.07 Å². The van der Waals surface area contributed by atoms with Gasteiger partial charge in [0, 0.05) is 11.6 Å². The Morgan fingerprint density at radius 1 is 1.54 bits per heavy atom. The molecule has 0 radical (unpaired) electrons. The second kappa shape index (κ2) is 3.91. The van der Waals surface area contributed by atoms with Crippen LogP contribution in [-0.4, -0.2) is 4.98 Å². The molecule has 1 aromatic heterocycles. The van der Waals surface area contributed by atoms with Gasteiger partial charge in [0.1, 0.15) is 9.77 Å². The Morgan fingerprint density at radius 2 is 2.15 bits per heavy atom. The lowest BCUT2D eigenvalue weighted by Gasteiger charge is -2.03. The summed E-state index contributed by atoms with van der Waals surface area (Å²) >= 11 is 1.54. The number of hydrogen-bond donors (Lipinski definition) is 0. The molecule has 0 aromatic carbocycles. The van der Waals surface area contributed by atoms with E-state index in [4.69, 9.17) is 5.26 Å². The molecule has 0 aliphatic carbocycles. The summed E-state index contributed by atoms with van der Waals surface area (Å²) in [5.41, 5.74) is -0.878. The quantitative estimate of drug-likeness (QED) is 0.590. The molecule has 0 aliphatic rings. The Morgan fingerprint density at radius 3 is 2.62 bits per heavy atom. The SMILES string of the molecule is N#Cc1c(C(F)F)cc(F)nc1I. The van der Waals surface area contributed by atoms with Crippen LogP contribution in [0, 0.1) is 21.0 Å². The number of nitriles is 1. The monoisotopic (exact) mass is 298 g/mol. The number of halogens is 4. The number of hydrogen-bond acceptors (Lipinski definition) is 2. The third-order valence-electron chi connectivity index (χ3n) is 1.32. The molecule has 1 rings (SSSR count). The van der Waals surface area contributed by atoms with Crippen molar-refractivity contribution in [2.24, 2.45) is 0 Å². The van der Waals surface area contributed by atoms with Crippen molar-refractivity contribution in [1.29, 1.82) is 5.26 Å². The van der Waals surface area contributed by atoms with Crippen molar-refractivity contribution in [2.75, 3.05) is 0 Å². The Labute approximate surface area is 85.5 Å². The number of alkyl halides is 2. The molecule has 1 aromatic rings. The Balaban J connectivity index is 3.41. The van der Waals surface area contributed by atoms with Crippen LogP contribution in [0.5, 0.6) is 0 Å². The first-order valence-corrected chi connectivity index (χ1v) is 4.18. The molecule has 2 nitrogen and oxygen atoms in total. The third-order valence-corrected chi connectivity index (χ3v) is 2.10. The molecule has 0 atom stereocenters. The van der Waals surface area contributed by atoms with Crippen molar-refractivity contribution in [3.8, 4) is 6.07 Å². The highest BCUT2D eigenvalue weighted by Crippen LogP contribution is 2.25. The molecule has 0 unspecified atom stereocenters. The molecule has 0 saturated carbocycles.